The molecule has 1 aliphatic heterocycles. The molecule has 24 heavy (non-hydrogen) atoms. The molecule has 0 spiro atoms. The van der Waals surface area contributed by atoms with Crippen LogP contribution in [0.3, 0.4) is 0 Å². The second-order valence-electron chi connectivity index (χ2n) is 5.61. The van der Waals surface area contributed by atoms with E-state index in [4.69, 9.17) is 0 Å². The van der Waals surface area contributed by atoms with Gasteiger partial charge in [-0.05, 0) is 19.8 Å². The number of rotatable bonds is 8. The van der Waals surface area contributed by atoms with Crippen molar-refractivity contribution >= 4 is 11.9 Å². The van der Waals surface area contributed by atoms with Crippen molar-refractivity contribution in [1.82, 2.24) is 15.5 Å². The molecule has 6 nitrogen and oxygen atoms in total. The summed E-state index contributed by atoms with van der Waals surface area (Å²) >= 11 is 0. The predicted octanol–water partition coefficient (Wildman–Crippen LogP) is 1.52. The highest BCUT2D eigenvalue weighted by molar-refractivity contribution is 5.80. The summed E-state index contributed by atoms with van der Waals surface area (Å²) in [6, 6.07) is 0.139. The number of ether oxygens (including phenoxy) is 1. The van der Waals surface area contributed by atoms with E-state index in [-0.39, 0.29) is 18.6 Å². The number of carbonyl (C=O) groups is 1. The first-order valence-corrected chi connectivity index (χ1v) is 8.32. The predicted molar refractivity (Wildman–Crippen MR) is 85.9 cm³/mol. The maximum atomic E-state index is 11.9. The average molecular weight is 352 g/mol. The van der Waals surface area contributed by atoms with E-state index in [1.54, 1.807) is 0 Å². The first-order valence-electron chi connectivity index (χ1n) is 8.32. The van der Waals surface area contributed by atoms with Gasteiger partial charge in [-0.3, -0.25) is 9.79 Å². The van der Waals surface area contributed by atoms with Crippen LogP contribution < -0.4 is 10.6 Å². The van der Waals surface area contributed by atoms with Crippen molar-refractivity contribution in [1.29, 1.82) is 0 Å². The van der Waals surface area contributed by atoms with E-state index >= 15 is 0 Å². The number of amides is 1. The van der Waals surface area contributed by atoms with Crippen LogP contribution in [0.15, 0.2) is 4.99 Å². The highest BCUT2D eigenvalue weighted by Gasteiger charge is 2.27. The average Bonchev–Trinajstić information content (AvgIpc) is 2.97. The van der Waals surface area contributed by atoms with Gasteiger partial charge in [0, 0.05) is 45.2 Å². The van der Waals surface area contributed by atoms with Crippen LogP contribution in [-0.2, 0) is 9.53 Å². The SMILES string of the molecule is CCNC(=NCCCOCC(F)(F)F)NC1CCN(C(=O)CC)C1. The summed E-state index contributed by atoms with van der Waals surface area (Å²) in [7, 11) is 0. The third kappa shape index (κ3) is 8.37. The van der Waals surface area contributed by atoms with Crippen molar-refractivity contribution in [2.24, 2.45) is 4.99 Å². The minimum Gasteiger partial charge on any atom is -0.372 e. The molecule has 0 aliphatic carbocycles. The molecule has 1 amide bonds. The molecule has 0 saturated carbocycles. The Hall–Kier alpha value is -1.51. The van der Waals surface area contributed by atoms with Crippen molar-refractivity contribution in [3.8, 4) is 0 Å². The molecular weight excluding hydrogens is 325 g/mol. The van der Waals surface area contributed by atoms with Gasteiger partial charge < -0.3 is 20.3 Å². The number of nitrogens with zero attached hydrogens (tertiary/aromatic N) is 2. The molecule has 0 aromatic rings. The lowest BCUT2D eigenvalue weighted by molar-refractivity contribution is -0.173. The molecule has 0 aromatic heterocycles. The first-order chi connectivity index (χ1) is 11.4. The maximum Gasteiger partial charge on any atom is 0.411 e. The Morgan fingerprint density at radius 2 is 2.12 bits per heavy atom. The second kappa shape index (κ2) is 10.4. The number of alkyl halides is 3. The zero-order valence-corrected chi connectivity index (χ0v) is 14.3. The normalized spacial score (nSPS) is 18.8. The van der Waals surface area contributed by atoms with Gasteiger partial charge in [0.05, 0.1) is 0 Å². The Morgan fingerprint density at radius 1 is 1.38 bits per heavy atom. The van der Waals surface area contributed by atoms with Crippen LogP contribution in [0.4, 0.5) is 13.2 Å². The zero-order valence-electron chi connectivity index (χ0n) is 14.3. The largest absolute Gasteiger partial charge is 0.411 e. The molecule has 9 heteroatoms. The Bertz CT molecular complexity index is 416. The van der Waals surface area contributed by atoms with Gasteiger partial charge in [0.25, 0.3) is 0 Å². The molecule has 1 saturated heterocycles. The van der Waals surface area contributed by atoms with Crippen molar-refractivity contribution in [2.45, 2.75) is 45.3 Å². The summed E-state index contributed by atoms with van der Waals surface area (Å²) in [5.41, 5.74) is 0. The molecule has 140 valence electrons. The first kappa shape index (κ1) is 20.5. The van der Waals surface area contributed by atoms with Gasteiger partial charge in [0.2, 0.25) is 5.91 Å². The van der Waals surface area contributed by atoms with Gasteiger partial charge in [-0.1, -0.05) is 6.92 Å². The monoisotopic (exact) mass is 352 g/mol. The number of halogens is 3. The van der Waals surface area contributed by atoms with Gasteiger partial charge in [0.1, 0.15) is 6.61 Å². The lowest BCUT2D eigenvalue weighted by Crippen LogP contribution is -2.45. The number of hydrogen-bond donors (Lipinski definition) is 2. The van der Waals surface area contributed by atoms with E-state index in [9.17, 15) is 18.0 Å². The van der Waals surface area contributed by atoms with E-state index in [2.05, 4.69) is 20.4 Å². The van der Waals surface area contributed by atoms with Crippen LogP contribution in [0, 0.1) is 0 Å². The number of hydrogen-bond acceptors (Lipinski definition) is 3. The Balaban J connectivity index is 2.31. The van der Waals surface area contributed by atoms with Crippen molar-refractivity contribution in [3.05, 3.63) is 0 Å². The van der Waals surface area contributed by atoms with Crippen LogP contribution in [0.2, 0.25) is 0 Å². The third-order valence-corrected chi connectivity index (χ3v) is 3.51. The smallest absolute Gasteiger partial charge is 0.372 e. The van der Waals surface area contributed by atoms with E-state index in [1.165, 1.54) is 0 Å². The van der Waals surface area contributed by atoms with Crippen LogP contribution in [0.5, 0.6) is 0 Å². The topological polar surface area (TPSA) is 66.0 Å². The lowest BCUT2D eigenvalue weighted by atomic mass is 10.3. The number of guanidine groups is 1. The fourth-order valence-electron chi connectivity index (χ4n) is 2.39. The summed E-state index contributed by atoms with van der Waals surface area (Å²) in [6.07, 6.45) is -2.52. The highest BCUT2D eigenvalue weighted by Crippen LogP contribution is 2.14. The molecule has 0 radical (unpaired) electrons. The highest BCUT2D eigenvalue weighted by atomic mass is 19.4. The third-order valence-electron chi connectivity index (χ3n) is 3.51. The van der Waals surface area contributed by atoms with Gasteiger partial charge in [0.15, 0.2) is 5.96 Å². The van der Waals surface area contributed by atoms with Crippen LogP contribution in [0.1, 0.15) is 33.1 Å². The summed E-state index contributed by atoms with van der Waals surface area (Å²) in [5.74, 6) is 0.757. The lowest BCUT2D eigenvalue weighted by Gasteiger charge is -2.18. The number of aliphatic imine (C=N–C) groups is 1. The molecule has 1 aliphatic rings. The maximum absolute atomic E-state index is 11.9. The van der Waals surface area contributed by atoms with Crippen LogP contribution >= 0.6 is 0 Å². The fraction of sp³-hybridized carbons (Fsp3) is 0.867. The van der Waals surface area contributed by atoms with Crippen molar-refractivity contribution in [2.75, 3.05) is 39.4 Å². The minimum absolute atomic E-state index is 0.0185. The molecule has 1 atom stereocenters. The number of likely N-dealkylation sites (tertiary alicyclic amines) is 1. The van der Waals surface area contributed by atoms with E-state index in [0.717, 1.165) is 13.0 Å². The van der Waals surface area contributed by atoms with Crippen molar-refractivity contribution in [3.63, 3.8) is 0 Å². The number of carbonyl (C=O) groups excluding carboxylic acids is 1. The summed E-state index contributed by atoms with van der Waals surface area (Å²) in [6.45, 7) is 5.00. The molecule has 2 N–H and O–H groups in total. The summed E-state index contributed by atoms with van der Waals surface area (Å²) < 4.78 is 40.3. The van der Waals surface area contributed by atoms with Gasteiger partial charge >= 0.3 is 6.18 Å². The van der Waals surface area contributed by atoms with E-state index < -0.39 is 12.8 Å². The summed E-state index contributed by atoms with van der Waals surface area (Å²) in [5, 5.41) is 6.36. The fourth-order valence-corrected chi connectivity index (χ4v) is 2.39. The van der Waals surface area contributed by atoms with E-state index in [1.807, 2.05) is 18.7 Å². The zero-order chi connectivity index (χ0) is 18.0. The molecule has 1 fully saturated rings. The van der Waals surface area contributed by atoms with Crippen LogP contribution in [-0.4, -0.2) is 68.4 Å². The van der Waals surface area contributed by atoms with Crippen molar-refractivity contribution < 1.29 is 22.7 Å². The van der Waals surface area contributed by atoms with Gasteiger partial charge in [-0.25, -0.2) is 0 Å². The Morgan fingerprint density at radius 3 is 2.75 bits per heavy atom. The molecule has 0 bridgehead atoms. The minimum atomic E-state index is -4.29. The second-order valence-corrected chi connectivity index (χ2v) is 5.61. The molecule has 1 unspecified atom stereocenters. The molecule has 0 aromatic carbocycles. The number of nitrogens with one attached hydrogen (secondary N) is 2. The van der Waals surface area contributed by atoms with Gasteiger partial charge in [-0.15, -0.1) is 0 Å². The molecule has 1 rings (SSSR count). The van der Waals surface area contributed by atoms with E-state index in [0.29, 0.717) is 38.4 Å². The standard InChI is InChI=1S/C15H27F3N4O2/c1-3-13(23)22-8-6-12(10-22)21-14(19-4-2)20-7-5-9-24-11-15(16,17)18/h12H,3-11H2,1-2H3,(H2,19,20,21). The summed E-state index contributed by atoms with van der Waals surface area (Å²) in [4.78, 5) is 17.8. The Labute approximate surface area is 140 Å². The Kier molecular flexibility index (Phi) is 8.88. The quantitative estimate of drug-likeness (QED) is 0.395. The molecular formula is C15H27F3N4O2. The molecule has 1 heterocycles. The van der Waals surface area contributed by atoms with Gasteiger partial charge in [-0.2, -0.15) is 13.2 Å². The van der Waals surface area contributed by atoms with Crippen LogP contribution in [0.25, 0.3) is 0 Å².